The minimum Gasteiger partial charge on any atom is -0.493 e. The quantitative estimate of drug-likeness (QED) is 0.480. The van der Waals surface area contributed by atoms with Crippen LogP contribution in [0.3, 0.4) is 0 Å². The zero-order chi connectivity index (χ0) is 22.5. The summed E-state index contributed by atoms with van der Waals surface area (Å²) in [5, 5.41) is 0. The Hall–Kier alpha value is -2.99. The van der Waals surface area contributed by atoms with Crippen LogP contribution in [0, 0.1) is 19.8 Å². The van der Waals surface area contributed by atoms with Gasteiger partial charge < -0.3 is 18.6 Å². The lowest BCUT2D eigenvalue weighted by molar-refractivity contribution is 0.124. The van der Waals surface area contributed by atoms with Crippen LogP contribution >= 0.6 is 0 Å². The molecule has 1 fully saturated rings. The minimum absolute atomic E-state index is 0.509. The Balaban J connectivity index is 1.42. The molecule has 2 aromatic carbocycles. The summed E-state index contributed by atoms with van der Waals surface area (Å²) in [7, 11) is 3.26. The van der Waals surface area contributed by atoms with Crippen LogP contribution in [0.5, 0.6) is 17.2 Å². The van der Waals surface area contributed by atoms with Gasteiger partial charge in [-0.15, -0.1) is 0 Å². The Bertz CT molecular complexity index is 1050. The minimum atomic E-state index is 0.509. The van der Waals surface area contributed by atoms with Crippen molar-refractivity contribution in [2.24, 2.45) is 5.92 Å². The van der Waals surface area contributed by atoms with Gasteiger partial charge in [-0.2, -0.15) is 0 Å². The fourth-order valence-corrected chi connectivity index (χ4v) is 4.31. The van der Waals surface area contributed by atoms with Crippen LogP contribution in [-0.4, -0.2) is 43.8 Å². The summed E-state index contributed by atoms with van der Waals surface area (Å²) in [5.74, 6) is 4.15. The number of hydrogen-bond donors (Lipinski definition) is 0. The molecule has 170 valence electrons. The molecular weight excluding hydrogens is 404 g/mol. The molecule has 0 amide bonds. The van der Waals surface area contributed by atoms with Crippen LogP contribution < -0.4 is 14.2 Å². The summed E-state index contributed by atoms with van der Waals surface area (Å²) in [6, 6.07) is 14.0. The standard InChI is InChI=1S/C26H32N2O4/c1-18-8-5-10-21(14-18)31-17-20-9-7-13-28(15-20)16-23-19(2)32-26(27-23)22-11-6-12-24(29-3)25(22)30-4/h5-6,8,10-12,14,20H,7,9,13,15-17H2,1-4H3. The van der Waals surface area contributed by atoms with Crippen LogP contribution in [-0.2, 0) is 6.54 Å². The molecule has 4 rings (SSSR count). The zero-order valence-electron chi connectivity index (χ0n) is 19.4. The van der Waals surface area contributed by atoms with Crippen molar-refractivity contribution in [2.45, 2.75) is 33.2 Å². The second kappa shape index (κ2) is 10.1. The smallest absolute Gasteiger partial charge is 0.230 e. The Morgan fingerprint density at radius 2 is 1.94 bits per heavy atom. The number of aromatic nitrogens is 1. The van der Waals surface area contributed by atoms with E-state index in [9.17, 15) is 0 Å². The van der Waals surface area contributed by atoms with E-state index in [4.69, 9.17) is 23.6 Å². The van der Waals surface area contributed by atoms with E-state index < -0.39 is 0 Å². The highest BCUT2D eigenvalue weighted by atomic mass is 16.5. The number of methoxy groups -OCH3 is 2. The van der Waals surface area contributed by atoms with Crippen LogP contribution in [0.15, 0.2) is 46.9 Å². The molecule has 1 aliphatic heterocycles. The molecule has 0 N–H and O–H groups in total. The van der Waals surface area contributed by atoms with E-state index in [0.717, 1.165) is 55.4 Å². The number of ether oxygens (including phenoxy) is 3. The first kappa shape index (κ1) is 22.2. The molecule has 6 nitrogen and oxygen atoms in total. The molecule has 32 heavy (non-hydrogen) atoms. The SMILES string of the molecule is COc1cccc(-c2nc(CN3CCCC(COc4cccc(C)c4)C3)c(C)o2)c1OC. The van der Waals surface area contributed by atoms with Crippen molar-refractivity contribution < 1.29 is 18.6 Å². The summed E-state index contributed by atoms with van der Waals surface area (Å²) in [6.07, 6.45) is 2.35. The number of hydrogen-bond acceptors (Lipinski definition) is 6. The molecule has 2 heterocycles. The predicted octanol–water partition coefficient (Wildman–Crippen LogP) is 5.27. The first-order chi connectivity index (χ1) is 15.6. The van der Waals surface area contributed by atoms with Crippen molar-refractivity contribution >= 4 is 0 Å². The molecule has 1 unspecified atom stereocenters. The highest BCUT2D eigenvalue weighted by Crippen LogP contribution is 2.38. The molecule has 1 aromatic heterocycles. The van der Waals surface area contributed by atoms with Crippen molar-refractivity contribution in [3.8, 4) is 28.7 Å². The summed E-state index contributed by atoms with van der Waals surface area (Å²) in [5.41, 5.74) is 2.98. The van der Waals surface area contributed by atoms with Gasteiger partial charge in [0.2, 0.25) is 5.89 Å². The van der Waals surface area contributed by atoms with Crippen LogP contribution in [0.2, 0.25) is 0 Å². The zero-order valence-corrected chi connectivity index (χ0v) is 19.4. The van der Waals surface area contributed by atoms with Crippen molar-refractivity contribution in [1.82, 2.24) is 9.88 Å². The van der Waals surface area contributed by atoms with Crippen LogP contribution in [0.25, 0.3) is 11.5 Å². The van der Waals surface area contributed by atoms with E-state index in [-0.39, 0.29) is 0 Å². The van der Waals surface area contributed by atoms with Gasteiger partial charge in [0.05, 0.1) is 32.1 Å². The van der Waals surface area contributed by atoms with Gasteiger partial charge in [0.1, 0.15) is 11.5 Å². The average molecular weight is 437 g/mol. The third-order valence-corrected chi connectivity index (χ3v) is 5.98. The first-order valence-electron chi connectivity index (χ1n) is 11.2. The van der Waals surface area contributed by atoms with Crippen LogP contribution in [0.1, 0.15) is 29.9 Å². The van der Waals surface area contributed by atoms with Gasteiger partial charge in [-0.1, -0.05) is 18.2 Å². The number of benzene rings is 2. The number of rotatable bonds is 8. The summed E-state index contributed by atoms with van der Waals surface area (Å²) in [6.45, 7) is 7.62. The summed E-state index contributed by atoms with van der Waals surface area (Å²) < 4.78 is 23.1. The Morgan fingerprint density at radius 1 is 1.09 bits per heavy atom. The van der Waals surface area contributed by atoms with Crippen molar-refractivity contribution in [1.29, 1.82) is 0 Å². The molecule has 6 heteroatoms. The molecule has 0 radical (unpaired) electrons. The number of nitrogens with zero attached hydrogens (tertiary/aromatic N) is 2. The predicted molar refractivity (Wildman–Crippen MR) is 124 cm³/mol. The van der Waals surface area contributed by atoms with Gasteiger partial charge in [0.25, 0.3) is 0 Å². The van der Waals surface area contributed by atoms with Crippen molar-refractivity contribution in [3.05, 3.63) is 59.5 Å². The van der Waals surface area contributed by atoms with Gasteiger partial charge >= 0.3 is 0 Å². The molecule has 0 spiro atoms. The largest absolute Gasteiger partial charge is 0.493 e. The maximum absolute atomic E-state index is 6.07. The van der Waals surface area contributed by atoms with Gasteiger partial charge in [0, 0.05) is 19.0 Å². The van der Waals surface area contributed by atoms with E-state index in [2.05, 4.69) is 24.0 Å². The Morgan fingerprint density at radius 3 is 2.72 bits per heavy atom. The highest BCUT2D eigenvalue weighted by molar-refractivity contribution is 5.68. The molecule has 3 aromatic rings. The number of para-hydroxylation sites is 1. The lowest BCUT2D eigenvalue weighted by atomic mass is 9.99. The molecule has 0 bridgehead atoms. The third kappa shape index (κ3) is 5.07. The van der Waals surface area contributed by atoms with Gasteiger partial charge in [-0.25, -0.2) is 4.98 Å². The van der Waals surface area contributed by atoms with E-state index >= 15 is 0 Å². The maximum Gasteiger partial charge on any atom is 0.230 e. The molecule has 1 aliphatic rings. The maximum atomic E-state index is 6.07. The summed E-state index contributed by atoms with van der Waals surface area (Å²) in [4.78, 5) is 7.26. The monoisotopic (exact) mass is 436 g/mol. The lowest BCUT2D eigenvalue weighted by Gasteiger charge is -2.32. The molecular formula is C26H32N2O4. The van der Waals surface area contributed by atoms with Crippen molar-refractivity contribution in [3.63, 3.8) is 0 Å². The van der Waals surface area contributed by atoms with E-state index in [1.807, 2.05) is 37.3 Å². The van der Waals surface area contributed by atoms with Gasteiger partial charge in [-0.3, -0.25) is 4.90 Å². The second-order valence-corrected chi connectivity index (χ2v) is 8.43. The molecule has 1 atom stereocenters. The van der Waals surface area contributed by atoms with Crippen LogP contribution in [0.4, 0.5) is 0 Å². The topological polar surface area (TPSA) is 57.0 Å². The molecule has 0 aliphatic carbocycles. The normalized spacial score (nSPS) is 16.7. The fraction of sp³-hybridized carbons (Fsp3) is 0.423. The number of aryl methyl sites for hydroxylation is 2. The van der Waals surface area contributed by atoms with E-state index in [0.29, 0.717) is 23.3 Å². The first-order valence-corrected chi connectivity index (χ1v) is 11.2. The number of piperidine rings is 1. The molecule has 0 saturated carbocycles. The Labute approximate surface area is 190 Å². The third-order valence-electron chi connectivity index (χ3n) is 5.98. The van der Waals surface area contributed by atoms with Gasteiger partial charge in [-0.05, 0) is 63.1 Å². The lowest BCUT2D eigenvalue weighted by Crippen LogP contribution is -2.37. The van der Waals surface area contributed by atoms with Crippen molar-refractivity contribution in [2.75, 3.05) is 33.9 Å². The molecule has 1 saturated heterocycles. The highest BCUT2D eigenvalue weighted by Gasteiger charge is 2.24. The van der Waals surface area contributed by atoms with E-state index in [1.54, 1.807) is 14.2 Å². The number of likely N-dealkylation sites (tertiary alicyclic amines) is 1. The van der Waals surface area contributed by atoms with E-state index in [1.165, 1.54) is 12.0 Å². The van der Waals surface area contributed by atoms with Gasteiger partial charge in [0.15, 0.2) is 11.5 Å². The fourth-order valence-electron chi connectivity index (χ4n) is 4.31. The summed E-state index contributed by atoms with van der Waals surface area (Å²) >= 11 is 0. The number of oxazole rings is 1. The average Bonchev–Trinajstić information content (AvgIpc) is 3.17. The Kier molecular flexibility index (Phi) is 7.00. The second-order valence-electron chi connectivity index (χ2n) is 8.43.